The van der Waals surface area contributed by atoms with Gasteiger partial charge in [-0.15, -0.1) is 0 Å². The number of likely N-dealkylation sites (tertiary alicyclic amines) is 1. The first-order valence-corrected chi connectivity index (χ1v) is 13.7. The van der Waals surface area contributed by atoms with Gasteiger partial charge in [0.15, 0.2) is 5.65 Å². The lowest BCUT2D eigenvalue weighted by Gasteiger charge is -2.31. The van der Waals surface area contributed by atoms with Gasteiger partial charge >= 0.3 is 5.97 Å². The fourth-order valence-electron chi connectivity index (χ4n) is 5.58. The normalized spacial score (nSPS) is 15.8. The molecule has 3 N–H and O–H groups in total. The topological polar surface area (TPSA) is 146 Å². The number of ether oxygens (including phenoxy) is 1. The lowest BCUT2D eigenvalue weighted by molar-refractivity contribution is -0.139. The number of nitrogens with one attached hydrogen (secondary N) is 3. The summed E-state index contributed by atoms with van der Waals surface area (Å²) >= 11 is 0. The molecule has 4 aromatic heterocycles. The van der Waals surface area contributed by atoms with Gasteiger partial charge in [-0.2, -0.15) is 4.98 Å². The maximum Gasteiger partial charge on any atom is 0.309 e. The van der Waals surface area contributed by atoms with Crippen LogP contribution in [0.3, 0.4) is 0 Å². The average molecular weight is 556 g/mol. The van der Waals surface area contributed by atoms with Gasteiger partial charge in [0.05, 0.1) is 35.7 Å². The van der Waals surface area contributed by atoms with E-state index in [0.29, 0.717) is 45.6 Å². The second-order valence-electron chi connectivity index (χ2n) is 11.1. The summed E-state index contributed by atoms with van der Waals surface area (Å²) in [5.41, 5.74) is 5.54. The minimum Gasteiger partial charge on any atom is -0.469 e. The Bertz CT molecular complexity index is 1860. The first kappa shape index (κ1) is 26.6. The average Bonchev–Trinajstić information content (AvgIpc) is 3.45. The SMILES string of the molecule is COC(=O)Cc1cccc(N=c2nc3c4ncc(C(=O)NCCN5CCCC5(C)C)cc4[nH]c4[nH]n(C)c(n2)c43)c1. The number of benzene rings is 1. The fraction of sp³-hybridized carbons (Fsp3) is 0.379. The van der Waals surface area contributed by atoms with Crippen molar-refractivity contribution in [1.29, 1.82) is 0 Å². The predicted octanol–water partition coefficient (Wildman–Crippen LogP) is 2.88. The molecule has 1 aliphatic rings. The Morgan fingerprint density at radius 2 is 2.05 bits per heavy atom. The van der Waals surface area contributed by atoms with E-state index in [1.165, 1.54) is 20.0 Å². The summed E-state index contributed by atoms with van der Waals surface area (Å²) in [5.74, 6) is -0.493. The molecule has 1 fully saturated rings. The number of aromatic nitrogens is 6. The van der Waals surface area contributed by atoms with Crippen molar-refractivity contribution in [2.75, 3.05) is 26.7 Å². The van der Waals surface area contributed by atoms with Crippen LogP contribution in [-0.2, 0) is 23.0 Å². The van der Waals surface area contributed by atoms with Gasteiger partial charge in [-0.05, 0) is 57.0 Å². The molecule has 5 aromatic rings. The number of rotatable bonds is 7. The van der Waals surface area contributed by atoms with Crippen molar-refractivity contribution < 1.29 is 14.3 Å². The Balaban J connectivity index is 1.33. The van der Waals surface area contributed by atoms with Crippen LogP contribution in [0.1, 0.15) is 42.6 Å². The molecule has 0 aliphatic carbocycles. The number of methoxy groups -OCH3 is 1. The van der Waals surface area contributed by atoms with Crippen LogP contribution in [0.4, 0.5) is 5.69 Å². The zero-order valence-corrected chi connectivity index (χ0v) is 23.6. The van der Waals surface area contributed by atoms with Crippen molar-refractivity contribution in [3.8, 4) is 0 Å². The van der Waals surface area contributed by atoms with Crippen LogP contribution in [0.15, 0.2) is 41.5 Å². The Hall–Kier alpha value is -4.58. The quantitative estimate of drug-likeness (QED) is 0.207. The monoisotopic (exact) mass is 555 g/mol. The molecule has 1 aromatic carbocycles. The van der Waals surface area contributed by atoms with Crippen molar-refractivity contribution >= 4 is 50.8 Å². The summed E-state index contributed by atoms with van der Waals surface area (Å²) in [4.78, 5) is 49.2. The van der Waals surface area contributed by atoms with Crippen LogP contribution in [0.2, 0.25) is 0 Å². The van der Waals surface area contributed by atoms with Gasteiger partial charge in [-0.1, -0.05) is 12.1 Å². The lowest BCUT2D eigenvalue weighted by Crippen LogP contribution is -2.43. The van der Waals surface area contributed by atoms with E-state index in [-0.39, 0.29) is 29.5 Å². The van der Waals surface area contributed by atoms with Crippen molar-refractivity contribution in [1.82, 2.24) is 39.9 Å². The Morgan fingerprint density at radius 3 is 2.83 bits per heavy atom. The molecule has 0 atom stereocenters. The van der Waals surface area contributed by atoms with Crippen LogP contribution < -0.4 is 10.9 Å². The number of nitrogens with zero attached hydrogens (tertiary/aromatic N) is 6. The van der Waals surface area contributed by atoms with Crippen molar-refractivity contribution in [3.05, 3.63) is 53.3 Å². The van der Waals surface area contributed by atoms with Gasteiger partial charge < -0.3 is 15.0 Å². The first-order chi connectivity index (χ1) is 19.7. The number of carbonyl (C=O) groups excluding carboxylic acids is 2. The van der Waals surface area contributed by atoms with Crippen molar-refractivity contribution in [2.45, 2.75) is 38.6 Å². The third-order valence-electron chi connectivity index (χ3n) is 7.81. The standard InChI is InChI=1S/C29H33N9O3/c1-29(2)9-6-11-38(29)12-10-30-27(40)18-15-20-23(31-16-18)24-22-25(33-20)36-37(3)26(22)35-28(34-24)32-19-8-5-7-17(13-19)14-21(39)41-4/h5,7-8,13,15-16,33,36H,6,9-12,14H2,1-4H3,(H,30,40). The molecule has 0 unspecified atom stereocenters. The third kappa shape index (κ3) is 5.18. The molecule has 6 rings (SSSR count). The highest BCUT2D eigenvalue weighted by Crippen LogP contribution is 2.28. The zero-order valence-electron chi connectivity index (χ0n) is 23.6. The van der Waals surface area contributed by atoms with E-state index in [1.54, 1.807) is 16.9 Å². The fourth-order valence-corrected chi connectivity index (χ4v) is 5.58. The smallest absolute Gasteiger partial charge is 0.309 e. The molecule has 212 valence electrons. The van der Waals surface area contributed by atoms with E-state index in [2.05, 4.69) is 49.1 Å². The van der Waals surface area contributed by atoms with E-state index in [4.69, 9.17) is 9.72 Å². The number of esters is 1. The number of aryl methyl sites for hydroxylation is 1. The molecule has 0 saturated carbocycles. The first-order valence-electron chi connectivity index (χ1n) is 13.7. The van der Waals surface area contributed by atoms with Gasteiger partial charge in [0.2, 0.25) is 0 Å². The second kappa shape index (κ2) is 10.4. The van der Waals surface area contributed by atoms with Crippen LogP contribution in [-0.4, -0.2) is 78.8 Å². The van der Waals surface area contributed by atoms with Crippen LogP contribution in [0.25, 0.3) is 33.2 Å². The lowest BCUT2D eigenvalue weighted by atomic mass is 10.0. The van der Waals surface area contributed by atoms with Crippen molar-refractivity contribution in [3.63, 3.8) is 0 Å². The Kier molecular flexibility index (Phi) is 6.78. The summed E-state index contributed by atoms with van der Waals surface area (Å²) in [5, 5.41) is 7.09. The molecule has 1 aliphatic heterocycles. The minimum absolute atomic E-state index is 0.149. The number of pyridine rings is 2. The molecular weight excluding hydrogens is 522 g/mol. The van der Waals surface area contributed by atoms with Crippen LogP contribution in [0, 0.1) is 0 Å². The molecule has 0 spiro atoms. The molecule has 0 bridgehead atoms. The number of hydrogen-bond donors (Lipinski definition) is 3. The number of carbonyl (C=O) groups is 2. The van der Waals surface area contributed by atoms with Gasteiger partial charge in [-0.25, -0.2) is 9.98 Å². The summed E-state index contributed by atoms with van der Waals surface area (Å²) in [7, 11) is 3.22. The van der Waals surface area contributed by atoms with E-state index in [0.717, 1.165) is 24.0 Å². The van der Waals surface area contributed by atoms with Crippen LogP contribution in [0.5, 0.6) is 0 Å². The predicted molar refractivity (Wildman–Crippen MR) is 155 cm³/mol. The molecular formula is C29H33N9O3. The summed E-state index contributed by atoms with van der Waals surface area (Å²) in [6.07, 6.45) is 4.09. The van der Waals surface area contributed by atoms with E-state index >= 15 is 0 Å². The summed E-state index contributed by atoms with van der Waals surface area (Å²) in [6, 6.07) is 9.10. The maximum atomic E-state index is 13.0. The zero-order chi connectivity index (χ0) is 28.7. The number of amides is 1. The maximum absolute atomic E-state index is 13.0. The highest BCUT2D eigenvalue weighted by molar-refractivity contribution is 6.13. The van der Waals surface area contributed by atoms with E-state index in [1.807, 2.05) is 31.3 Å². The molecule has 1 amide bonds. The van der Waals surface area contributed by atoms with Gasteiger partial charge in [-0.3, -0.25) is 29.3 Å². The molecule has 41 heavy (non-hydrogen) atoms. The molecule has 0 radical (unpaired) electrons. The molecule has 12 nitrogen and oxygen atoms in total. The molecule has 1 saturated heterocycles. The summed E-state index contributed by atoms with van der Waals surface area (Å²) < 4.78 is 6.56. The summed E-state index contributed by atoms with van der Waals surface area (Å²) in [6.45, 7) is 6.95. The molecule has 5 heterocycles. The number of hydrogen-bond acceptors (Lipinski definition) is 8. The Labute approximate surface area is 235 Å². The van der Waals surface area contributed by atoms with Gasteiger partial charge in [0.1, 0.15) is 16.7 Å². The highest BCUT2D eigenvalue weighted by atomic mass is 16.5. The van der Waals surface area contributed by atoms with Crippen molar-refractivity contribution in [2.24, 2.45) is 12.0 Å². The second-order valence-corrected chi connectivity index (χ2v) is 11.1. The third-order valence-corrected chi connectivity index (χ3v) is 7.81. The highest BCUT2D eigenvalue weighted by Gasteiger charge is 2.31. The number of fused-ring (bicyclic) bond motifs is 2. The van der Waals surface area contributed by atoms with E-state index < -0.39 is 0 Å². The van der Waals surface area contributed by atoms with E-state index in [9.17, 15) is 9.59 Å². The van der Waals surface area contributed by atoms with Gasteiger partial charge in [0, 0.05) is 31.9 Å². The van der Waals surface area contributed by atoms with Crippen LogP contribution >= 0.6 is 0 Å². The number of H-pyrrole nitrogens is 2. The van der Waals surface area contributed by atoms with Gasteiger partial charge in [0.25, 0.3) is 11.5 Å². The molecule has 12 heteroatoms. The largest absolute Gasteiger partial charge is 0.469 e. The Morgan fingerprint density at radius 1 is 1.20 bits per heavy atom. The minimum atomic E-state index is -0.324. The number of aromatic amines is 2.